The molecule has 1 aliphatic heterocycles. The second kappa shape index (κ2) is 8.92. The van der Waals surface area contributed by atoms with Crippen LogP contribution in [0, 0.1) is 5.92 Å². The van der Waals surface area contributed by atoms with Crippen molar-refractivity contribution in [3.8, 4) is 5.75 Å². The molecule has 1 heterocycles. The topological polar surface area (TPSA) is 53.6 Å². The minimum Gasteiger partial charge on any atom is -0.496 e. The molecule has 2 amide bonds. The van der Waals surface area contributed by atoms with Gasteiger partial charge in [-0.3, -0.25) is 0 Å². The second-order valence-corrected chi connectivity index (χ2v) is 7.05. The van der Waals surface area contributed by atoms with Gasteiger partial charge in [0, 0.05) is 31.2 Å². The molecule has 2 rings (SSSR count). The number of ether oxygens (including phenoxy) is 1. The molecule has 0 aromatic heterocycles. The van der Waals surface area contributed by atoms with Gasteiger partial charge in [-0.1, -0.05) is 32.0 Å². The fraction of sp³-hybridized carbons (Fsp3) is 0.632. The van der Waals surface area contributed by atoms with Crippen LogP contribution in [0.2, 0.25) is 0 Å². The number of hydrogen-bond acceptors (Lipinski definition) is 3. The third kappa shape index (κ3) is 5.41. The van der Waals surface area contributed by atoms with Crippen molar-refractivity contribution in [3.05, 3.63) is 29.8 Å². The van der Waals surface area contributed by atoms with Crippen molar-refractivity contribution >= 4 is 6.03 Å². The van der Waals surface area contributed by atoms with Crippen LogP contribution in [-0.2, 0) is 0 Å². The van der Waals surface area contributed by atoms with E-state index in [1.54, 1.807) is 7.11 Å². The predicted molar refractivity (Wildman–Crippen MR) is 97.4 cm³/mol. The zero-order chi connectivity index (χ0) is 17.5. The van der Waals surface area contributed by atoms with Gasteiger partial charge in [0.25, 0.3) is 0 Å². The van der Waals surface area contributed by atoms with E-state index in [1.165, 1.54) is 0 Å². The van der Waals surface area contributed by atoms with Crippen LogP contribution in [0.5, 0.6) is 5.75 Å². The molecule has 0 radical (unpaired) electrons. The van der Waals surface area contributed by atoms with Crippen LogP contribution in [0.1, 0.15) is 45.2 Å². The zero-order valence-electron chi connectivity index (χ0n) is 15.3. The molecule has 2 N–H and O–H groups in total. The number of piperidine rings is 1. The number of likely N-dealkylation sites (tertiary alicyclic amines) is 1. The first kappa shape index (κ1) is 18.6. The minimum absolute atomic E-state index is 0.0952. The molecule has 5 nitrogen and oxygen atoms in total. The standard InChI is InChI=1S/C19H31N3O2/c1-14(2)13-22-11-9-16(10-12-22)21-19(23)20-15(3)17-7-5-6-8-18(17)24-4/h5-8,14-16H,9-13H2,1-4H3,(H2,20,21,23)/t15-/m0/s1. The summed E-state index contributed by atoms with van der Waals surface area (Å²) in [5, 5.41) is 6.13. The number of hydrogen-bond donors (Lipinski definition) is 2. The molecule has 1 atom stereocenters. The molecule has 0 unspecified atom stereocenters. The number of benzene rings is 1. The van der Waals surface area contributed by atoms with Crippen LogP contribution in [0.15, 0.2) is 24.3 Å². The third-order valence-electron chi connectivity index (χ3n) is 4.50. The van der Waals surface area contributed by atoms with Crippen LogP contribution >= 0.6 is 0 Å². The molecular formula is C19H31N3O2. The number of carbonyl (C=O) groups excluding carboxylic acids is 1. The number of nitrogens with one attached hydrogen (secondary N) is 2. The Morgan fingerprint density at radius 2 is 1.92 bits per heavy atom. The quantitative estimate of drug-likeness (QED) is 0.841. The van der Waals surface area contributed by atoms with E-state index in [4.69, 9.17) is 4.74 Å². The molecule has 5 heteroatoms. The maximum atomic E-state index is 12.3. The van der Waals surface area contributed by atoms with Crippen LogP contribution < -0.4 is 15.4 Å². The Kier molecular flexibility index (Phi) is 6.91. The third-order valence-corrected chi connectivity index (χ3v) is 4.50. The second-order valence-electron chi connectivity index (χ2n) is 7.05. The van der Waals surface area contributed by atoms with E-state index in [1.807, 2.05) is 31.2 Å². The molecule has 0 bridgehead atoms. The Labute approximate surface area is 145 Å². The van der Waals surface area contributed by atoms with Crippen molar-refractivity contribution in [1.82, 2.24) is 15.5 Å². The average molecular weight is 333 g/mol. The van der Waals surface area contributed by atoms with Gasteiger partial charge in [-0.15, -0.1) is 0 Å². The van der Waals surface area contributed by atoms with Crippen molar-refractivity contribution in [3.63, 3.8) is 0 Å². The summed E-state index contributed by atoms with van der Waals surface area (Å²) in [5.74, 6) is 1.49. The van der Waals surface area contributed by atoms with E-state index < -0.39 is 0 Å². The Morgan fingerprint density at radius 3 is 2.54 bits per heavy atom. The SMILES string of the molecule is COc1ccccc1[C@H](C)NC(=O)NC1CCN(CC(C)C)CC1. The highest BCUT2D eigenvalue weighted by atomic mass is 16.5. The molecule has 0 aliphatic carbocycles. The molecular weight excluding hydrogens is 302 g/mol. The largest absolute Gasteiger partial charge is 0.496 e. The fourth-order valence-electron chi connectivity index (χ4n) is 3.30. The van der Waals surface area contributed by atoms with Gasteiger partial charge in [0.05, 0.1) is 13.2 Å². The molecule has 1 aromatic carbocycles. The van der Waals surface area contributed by atoms with Crippen molar-refractivity contribution in [1.29, 1.82) is 0 Å². The lowest BCUT2D eigenvalue weighted by atomic mass is 10.0. The maximum absolute atomic E-state index is 12.3. The van der Waals surface area contributed by atoms with E-state index >= 15 is 0 Å². The van der Waals surface area contributed by atoms with Crippen LogP contribution in [0.25, 0.3) is 0 Å². The van der Waals surface area contributed by atoms with Gasteiger partial charge < -0.3 is 20.3 Å². The lowest BCUT2D eigenvalue weighted by Gasteiger charge is -2.33. The average Bonchev–Trinajstić information content (AvgIpc) is 2.56. The fourth-order valence-corrected chi connectivity index (χ4v) is 3.30. The van der Waals surface area contributed by atoms with Crippen molar-refractivity contribution in [2.24, 2.45) is 5.92 Å². The number of rotatable bonds is 6. The normalized spacial score (nSPS) is 17.5. The van der Waals surface area contributed by atoms with Gasteiger partial charge in [0.2, 0.25) is 0 Å². The molecule has 0 saturated carbocycles. The summed E-state index contributed by atoms with van der Waals surface area (Å²) < 4.78 is 5.36. The smallest absolute Gasteiger partial charge is 0.315 e. The molecule has 1 fully saturated rings. The van der Waals surface area contributed by atoms with E-state index in [-0.39, 0.29) is 18.1 Å². The predicted octanol–water partition coefficient (Wildman–Crippen LogP) is 3.18. The monoisotopic (exact) mass is 333 g/mol. The van der Waals surface area contributed by atoms with Gasteiger partial charge in [-0.2, -0.15) is 0 Å². The molecule has 1 aromatic rings. The van der Waals surface area contributed by atoms with Gasteiger partial charge in [-0.25, -0.2) is 4.79 Å². The lowest BCUT2D eigenvalue weighted by Crippen LogP contribution is -2.48. The number of para-hydroxylation sites is 1. The number of methoxy groups -OCH3 is 1. The summed E-state index contributed by atoms with van der Waals surface area (Å²) in [6, 6.07) is 7.85. The lowest BCUT2D eigenvalue weighted by molar-refractivity contribution is 0.177. The van der Waals surface area contributed by atoms with Crippen molar-refractivity contribution < 1.29 is 9.53 Å². The Hall–Kier alpha value is -1.75. The Bertz CT molecular complexity index is 525. The zero-order valence-corrected chi connectivity index (χ0v) is 15.3. The van der Waals surface area contributed by atoms with Crippen LogP contribution in [-0.4, -0.2) is 43.7 Å². The highest BCUT2D eigenvalue weighted by Gasteiger charge is 2.22. The summed E-state index contributed by atoms with van der Waals surface area (Å²) in [4.78, 5) is 14.8. The number of amides is 2. The van der Waals surface area contributed by atoms with Crippen LogP contribution in [0.4, 0.5) is 4.79 Å². The van der Waals surface area contributed by atoms with Gasteiger partial charge in [0.15, 0.2) is 0 Å². The summed E-state index contributed by atoms with van der Waals surface area (Å²) in [6.07, 6.45) is 2.03. The minimum atomic E-state index is -0.101. The first-order valence-corrected chi connectivity index (χ1v) is 8.92. The van der Waals surface area contributed by atoms with Crippen molar-refractivity contribution in [2.45, 2.75) is 45.7 Å². The highest BCUT2D eigenvalue weighted by molar-refractivity contribution is 5.74. The maximum Gasteiger partial charge on any atom is 0.315 e. The van der Waals surface area contributed by atoms with E-state index in [9.17, 15) is 4.79 Å². The highest BCUT2D eigenvalue weighted by Crippen LogP contribution is 2.24. The van der Waals surface area contributed by atoms with Gasteiger partial charge in [-0.05, 0) is 31.7 Å². The summed E-state index contributed by atoms with van der Waals surface area (Å²) in [7, 11) is 1.65. The number of nitrogens with zero attached hydrogens (tertiary/aromatic N) is 1. The summed E-state index contributed by atoms with van der Waals surface area (Å²) in [5.41, 5.74) is 0.988. The van der Waals surface area contributed by atoms with E-state index in [0.717, 1.165) is 43.8 Å². The van der Waals surface area contributed by atoms with Gasteiger partial charge >= 0.3 is 6.03 Å². The molecule has 1 saturated heterocycles. The summed E-state index contributed by atoms with van der Waals surface area (Å²) in [6.45, 7) is 9.73. The van der Waals surface area contributed by atoms with E-state index in [0.29, 0.717) is 5.92 Å². The van der Waals surface area contributed by atoms with E-state index in [2.05, 4.69) is 29.4 Å². The van der Waals surface area contributed by atoms with Gasteiger partial charge in [0.1, 0.15) is 5.75 Å². The first-order valence-electron chi connectivity index (χ1n) is 8.92. The number of urea groups is 1. The van der Waals surface area contributed by atoms with Crippen LogP contribution in [0.3, 0.4) is 0 Å². The molecule has 0 spiro atoms. The molecule has 1 aliphatic rings. The summed E-state index contributed by atoms with van der Waals surface area (Å²) >= 11 is 0. The number of carbonyl (C=O) groups is 1. The first-order chi connectivity index (χ1) is 11.5. The Balaban J connectivity index is 1.79. The molecule has 24 heavy (non-hydrogen) atoms. The van der Waals surface area contributed by atoms with Crippen molar-refractivity contribution in [2.75, 3.05) is 26.7 Å². The Morgan fingerprint density at radius 1 is 1.25 bits per heavy atom. The molecule has 134 valence electrons.